The highest BCUT2D eigenvalue weighted by atomic mass is 19.1. The second-order valence-electron chi connectivity index (χ2n) is 14.1. The molecule has 220 valence electrons. The number of carbonyl (C=O) groups excluding carboxylic acids is 3. The maximum Gasteiger partial charge on any atom is 0.255 e. The van der Waals surface area contributed by atoms with Crippen LogP contribution in [0, 0.1) is 16.6 Å². The van der Waals surface area contributed by atoms with Crippen LogP contribution in [0.1, 0.15) is 73.0 Å². The zero-order valence-corrected chi connectivity index (χ0v) is 24.5. The van der Waals surface area contributed by atoms with Gasteiger partial charge < -0.3 is 4.90 Å². The summed E-state index contributed by atoms with van der Waals surface area (Å²) in [4.78, 5) is 43.6. The first-order valence-electron chi connectivity index (χ1n) is 15.2. The van der Waals surface area contributed by atoms with Crippen LogP contribution in [0.2, 0.25) is 0 Å². The predicted molar refractivity (Wildman–Crippen MR) is 158 cm³/mol. The number of hydrogen-bond acceptors (Lipinski definition) is 5. The number of likely N-dealkylation sites (tertiary alicyclic amines) is 2. The molecular formula is C34H39FN4O3. The van der Waals surface area contributed by atoms with E-state index in [2.05, 4.69) is 35.0 Å². The molecule has 3 saturated heterocycles. The van der Waals surface area contributed by atoms with E-state index in [4.69, 9.17) is 0 Å². The fourth-order valence-corrected chi connectivity index (χ4v) is 7.95. The normalized spacial score (nSPS) is 25.4. The molecule has 0 aromatic heterocycles. The Morgan fingerprint density at radius 1 is 0.929 bits per heavy atom. The minimum Gasteiger partial charge on any atom is -0.322 e. The highest BCUT2D eigenvalue weighted by Gasteiger charge is 2.51. The molecule has 1 unspecified atom stereocenters. The molecule has 8 heteroatoms. The Labute approximate surface area is 246 Å². The average molecular weight is 571 g/mol. The van der Waals surface area contributed by atoms with Crippen molar-refractivity contribution in [1.82, 2.24) is 20.0 Å². The number of halogens is 1. The van der Waals surface area contributed by atoms with Gasteiger partial charge in [-0.1, -0.05) is 43.7 Å². The van der Waals surface area contributed by atoms with Gasteiger partial charge in [-0.25, -0.2) is 4.39 Å². The quantitative estimate of drug-likeness (QED) is 0.523. The number of fused-ring (bicyclic) bond motifs is 1. The topological polar surface area (TPSA) is 73.0 Å². The molecule has 7 nitrogen and oxygen atoms in total. The summed E-state index contributed by atoms with van der Waals surface area (Å²) in [5.74, 6) is -0.946. The smallest absolute Gasteiger partial charge is 0.255 e. The molecule has 0 bridgehead atoms. The van der Waals surface area contributed by atoms with Gasteiger partial charge in [-0.2, -0.15) is 0 Å². The van der Waals surface area contributed by atoms with E-state index in [0.29, 0.717) is 23.9 Å². The first-order valence-corrected chi connectivity index (χ1v) is 15.2. The highest BCUT2D eigenvalue weighted by molar-refractivity contribution is 6.05. The summed E-state index contributed by atoms with van der Waals surface area (Å²) in [7, 11) is 0. The van der Waals surface area contributed by atoms with Crippen molar-refractivity contribution in [3.63, 3.8) is 0 Å². The molecular weight excluding hydrogens is 531 g/mol. The molecule has 2 aromatic carbocycles. The summed E-state index contributed by atoms with van der Waals surface area (Å²) in [6.45, 7) is 11.4. The SMILES string of the molecule is CC1(C)CCC(CN2CC3(C2)CN(Cc2ccc4c(c2)CN(C2CCC(=O)NC2=O)C4=O)C3)=C(c2ccc(F)cc2)C1. The molecule has 3 fully saturated rings. The molecule has 4 heterocycles. The van der Waals surface area contributed by atoms with Crippen LogP contribution in [-0.2, 0) is 22.7 Å². The first-order chi connectivity index (χ1) is 20.1. The van der Waals surface area contributed by atoms with Crippen LogP contribution in [-0.4, -0.2) is 71.2 Å². The minimum absolute atomic E-state index is 0.122. The molecule has 1 N–H and O–H groups in total. The summed E-state index contributed by atoms with van der Waals surface area (Å²) in [5, 5.41) is 2.37. The first kappa shape index (κ1) is 27.5. The van der Waals surface area contributed by atoms with Crippen molar-refractivity contribution in [2.45, 2.75) is 65.1 Å². The third kappa shape index (κ3) is 5.09. The fourth-order valence-electron chi connectivity index (χ4n) is 7.95. The van der Waals surface area contributed by atoms with Crippen molar-refractivity contribution < 1.29 is 18.8 Å². The van der Waals surface area contributed by atoms with Gasteiger partial charge in [0.05, 0.1) is 0 Å². The van der Waals surface area contributed by atoms with E-state index in [1.807, 2.05) is 24.3 Å². The van der Waals surface area contributed by atoms with Crippen LogP contribution in [0.25, 0.3) is 5.57 Å². The van der Waals surface area contributed by atoms with Gasteiger partial charge in [0.2, 0.25) is 11.8 Å². The van der Waals surface area contributed by atoms with Gasteiger partial charge in [-0.15, -0.1) is 0 Å². The third-order valence-corrected chi connectivity index (χ3v) is 10.0. The molecule has 7 rings (SSSR count). The van der Waals surface area contributed by atoms with E-state index in [1.165, 1.54) is 28.7 Å². The number of piperidine rings is 1. The molecule has 1 atom stereocenters. The van der Waals surface area contributed by atoms with E-state index in [0.717, 1.165) is 57.7 Å². The van der Waals surface area contributed by atoms with Gasteiger partial charge in [-0.3, -0.25) is 29.5 Å². The molecule has 5 aliphatic rings. The van der Waals surface area contributed by atoms with Crippen LogP contribution in [0.5, 0.6) is 0 Å². The lowest BCUT2D eigenvalue weighted by molar-refractivity contribution is -0.136. The van der Waals surface area contributed by atoms with Gasteiger partial charge in [-0.05, 0) is 71.6 Å². The summed E-state index contributed by atoms with van der Waals surface area (Å²) < 4.78 is 13.6. The van der Waals surface area contributed by atoms with Crippen LogP contribution >= 0.6 is 0 Å². The zero-order chi connectivity index (χ0) is 29.2. The van der Waals surface area contributed by atoms with Crippen molar-refractivity contribution >= 4 is 23.3 Å². The highest BCUT2D eigenvalue weighted by Crippen LogP contribution is 2.46. The minimum atomic E-state index is -0.578. The van der Waals surface area contributed by atoms with Gasteiger partial charge in [0, 0.05) is 63.2 Å². The van der Waals surface area contributed by atoms with E-state index < -0.39 is 6.04 Å². The molecule has 3 amide bonds. The molecule has 1 aliphatic carbocycles. The molecule has 0 saturated carbocycles. The Morgan fingerprint density at radius 3 is 2.36 bits per heavy atom. The number of imide groups is 1. The second-order valence-corrected chi connectivity index (χ2v) is 14.1. The maximum atomic E-state index is 13.6. The van der Waals surface area contributed by atoms with Crippen molar-refractivity contribution in [3.05, 3.63) is 76.1 Å². The summed E-state index contributed by atoms with van der Waals surface area (Å²) >= 11 is 0. The number of benzene rings is 2. The van der Waals surface area contributed by atoms with Crippen LogP contribution in [0.4, 0.5) is 4.39 Å². The number of carbonyl (C=O) groups is 3. The van der Waals surface area contributed by atoms with Crippen molar-refractivity contribution in [3.8, 4) is 0 Å². The standard InChI is InChI=1S/C34H39FN4O3/c1-33(2)12-11-24(28(14-33)23-4-6-26(35)7-5-23)16-38-20-34(21-38)18-37(19-34)15-22-3-8-27-25(13-22)17-39(32(27)42)29-9-10-30(40)36-31(29)41/h3-8,13,29H,9-12,14-21H2,1-2H3,(H,36,40,41). The number of nitrogens with one attached hydrogen (secondary N) is 1. The molecule has 0 radical (unpaired) electrons. The molecule has 4 aliphatic heterocycles. The largest absolute Gasteiger partial charge is 0.322 e. The Kier molecular flexibility index (Phi) is 6.62. The van der Waals surface area contributed by atoms with Gasteiger partial charge >= 0.3 is 0 Å². The molecule has 2 aromatic rings. The summed E-state index contributed by atoms with van der Waals surface area (Å²) in [6, 6.07) is 12.5. The van der Waals surface area contributed by atoms with Crippen molar-refractivity contribution in [2.24, 2.45) is 10.8 Å². The maximum absolute atomic E-state index is 13.6. The lowest BCUT2D eigenvalue weighted by Crippen LogP contribution is -2.71. The summed E-state index contributed by atoms with van der Waals surface area (Å²) in [6.07, 6.45) is 3.99. The van der Waals surface area contributed by atoms with Gasteiger partial charge in [0.1, 0.15) is 11.9 Å². The Morgan fingerprint density at radius 2 is 1.64 bits per heavy atom. The zero-order valence-electron chi connectivity index (χ0n) is 24.5. The lowest BCUT2D eigenvalue weighted by Gasteiger charge is -2.61. The van der Waals surface area contributed by atoms with Crippen LogP contribution < -0.4 is 5.32 Å². The molecule has 1 spiro atoms. The van der Waals surface area contributed by atoms with E-state index in [1.54, 1.807) is 17.0 Å². The second kappa shape index (κ2) is 10.1. The van der Waals surface area contributed by atoms with E-state index in [9.17, 15) is 18.8 Å². The third-order valence-electron chi connectivity index (χ3n) is 10.0. The number of rotatable bonds is 6. The Balaban J connectivity index is 0.941. The van der Waals surface area contributed by atoms with Crippen molar-refractivity contribution in [1.29, 1.82) is 0 Å². The fraction of sp³-hybridized carbons (Fsp3) is 0.500. The number of amides is 3. The predicted octanol–water partition coefficient (Wildman–Crippen LogP) is 4.37. The number of nitrogens with zero attached hydrogens (tertiary/aromatic N) is 3. The number of allylic oxidation sites excluding steroid dienone is 1. The average Bonchev–Trinajstić information content (AvgIpc) is 3.22. The lowest BCUT2D eigenvalue weighted by atomic mass is 9.70. The Hall–Kier alpha value is -3.36. The summed E-state index contributed by atoms with van der Waals surface area (Å²) in [5.41, 5.74) is 7.56. The van der Waals surface area contributed by atoms with E-state index >= 15 is 0 Å². The molecule has 42 heavy (non-hydrogen) atoms. The monoisotopic (exact) mass is 570 g/mol. The van der Waals surface area contributed by atoms with Crippen molar-refractivity contribution in [2.75, 3.05) is 32.7 Å². The Bertz CT molecular complexity index is 1480. The van der Waals surface area contributed by atoms with Crippen LogP contribution in [0.3, 0.4) is 0 Å². The van der Waals surface area contributed by atoms with E-state index in [-0.39, 0.29) is 35.4 Å². The van der Waals surface area contributed by atoms with Crippen LogP contribution in [0.15, 0.2) is 48.0 Å². The van der Waals surface area contributed by atoms with Gasteiger partial charge in [0.25, 0.3) is 5.91 Å². The van der Waals surface area contributed by atoms with Gasteiger partial charge in [0.15, 0.2) is 0 Å². The number of hydrogen-bond donors (Lipinski definition) is 1.